The monoisotopic (exact) mass is 595 g/mol. The number of carboxylic acid groups (broad SMARTS) is 1. The molecule has 0 aliphatic heterocycles. The lowest BCUT2D eigenvalue weighted by atomic mass is 9.89. The maximum absolute atomic E-state index is 15.7. The second-order valence-electron chi connectivity index (χ2n) is 12.2. The van der Waals surface area contributed by atoms with E-state index in [0.29, 0.717) is 29.7 Å². The van der Waals surface area contributed by atoms with Crippen molar-refractivity contribution < 1.29 is 23.5 Å². The third kappa shape index (κ3) is 8.38. The number of amides is 1. The van der Waals surface area contributed by atoms with Crippen molar-refractivity contribution in [3.8, 4) is 11.1 Å². The fraction of sp³-hybridized carbons (Fsp3) is 0.441. The number of aromatic nitrogens is 1. The van der Waals surface area contributed by atoms with Crippen LogP contribution in [0.2, 0.25) is 0 Å². The Bertz CT molecular complexity index is 1540. The van der Waals surface area contributed by atoms with Gasteiger partial charge in [0.15, 0.2) is 5.82 Å². The highest BCUT2D eigenvalue weighted by Gasteiger charge is 2.30. The maximum Gasteiger partial charge on any atom is 0.305 e. The van der Waals surface area contributed by atoms with Crippen LogP contribution in [0.4, 0.5) is 8.78 Å². The average Bonchev–Trinajstić information content (AvgIpc) is 2.88. The highest BCUT2D eigenvalue weighted by atomic mass is 19.1. The number of aryl methyl sites for hydroxylation is 4. The van der Waals surface area contributed by atoms with E-state index in [1.165, 1.54) is 12.3 Å². The van der Waals surface area contributed by atoms with E-state index >= 15 is 4.39 Å². The summed E-state index contributed by atoms with van der Waals surface area (Å²) >= 11 is 0. The molecule has 43 heavy (non-hydrogen) atoms. The zero-order valence-corrected chi connectivity index (χ0v) is 26.3. The van der Waals surface area contributed by atoms with E-state index in [0.717, 1.165) is 26.8 Å². The molecular formula is C34H43F2N3O4. The largest absolute Gasteiger partial charge is 0.481 e. The molecule has 232 valence electrons. The van der Waals surface area contributed by atoms with Crippen molar-refractivity contribution in [3.63, 3.8) is 0 Å². The third-order valence-corrected chi connectivity index (χ3v) is 7.56. The molecule has 0 saturated heterocycles. The molecule has 0 bridgehead atoms. The molecule has 2 atom stereocenters. The number of aliphatic carboxylic acids is 1. The minimum Gasteiger partial charge on any atom is -0.481 e. The van der Waals surface area contributed by atoms with Gasteiger partial charge in [0.05, 0.1) is 12.5 Å². The van der Waals surface area contributed by atoms with Crippen LogP contribution in [-0.2, 0) is 16.0 Å². The Hall–Kier alpha value is -3.85. The van der Waals surface area contributed by atoms with E-state index in [4.69, 9.17) is 0 Å². The second-order valence-corrected chi connectivity index (χ2v) is 12.2. The van der Waals surface area contributed by atoms with Gasteiger partial charge in [-0.2, -0.15) is 0 Å². The number of carbonyl (C=O) groups excluding carboxylic acids is 1. The Morgan fingerprint density at radius 2 is 1.60 bits per heavy atom. The summed E-state index contributed by atoms with van der Waals surface area (Å²) in [5.74, 6) is -3.57. The third-order valence-electron chi connectivity index (χ3n) is 7.56. The predicted molar refractivity (Wildman–Crippen MR) is 165 cm³/mol. The first-order valence-corrected chi connectivity index (χ1v) is 14.5. The number of pyridine rings is 1. The van der Waals surface area contributed by atoms with Gasteiger partial charge in [-0.3, -0.25) is 14.4 Å². The number of hydrogen-bond donors (Lipinski definition) is 2. The van der Waals surface area contributed by atoms with Crippen molar-refractivity contribution in [3.05, 3.63) is 91.9 Å². The molecule has 1 aromatic heterocycles. The number of nitrogens with zero attached hydrogens (tertiary/aromatic N) is 2. The smallest absolute Gasteiger partial charge is 0.305 e. The zero-order valence-electron chi connectivity index (χ0n) is 26.3. The molecule has 0 aliphatic rings. The zero-order chi connectivity index (χ0) is 32.2. The van der Waals surface area contributed by atoms with Crippen molar-refractivity contribution >= 4 is 11.9 Å². The first-order valence-electron chi connectivity index (χ1n) is 14.5. The number of likely N-dealkylation sites (N-methyl/N-ethyl adjacent to an activating group) is 1. The second kappa shape index (κ2) is 14.1. The van der Waals surface area contributed by atoms with Gasteiger partial charge in [-0.25, -0.2) is 8.78 Å². The molecule has 0 radical (unpaired) electrons. The van der Waals surface area contributed by atoms with Gasteiger partial charge in [0.1, 0.15) is 11.9 Å². The number of benzene rings is 2. The van der Waals surface area contributed by atoms with Crippen LogP contribution in [0.25, 0.3) is 11.1 Å². The molecule has 1 heterocycles. The van der Waals surface area contributed by atoms with E-state index in [-0.39, 0.29) is 17.9 Å². The van der Waals surface area contributed by atoms with Crippen LogP contribution in [0.1, 0.15) is 72.2 Å². The van der Waals surface area contributed by atoms with Crippen LogP contribution in [0.15, 0.2) is 41.3 Å². The minimum atomic E-state index is -1.23. The maximum atomic E-state index is 15.7. The number of hydrogen-bond acceptors (Lipinski definition) is 4. The van der Waals surface area contributed by atoms with Crippen LogP contribution in [0.5, 0.6) is 0 Å². The molecule has 1 unspecified atom stereocenters. The van der Waals surface area contributed by atoms with Crippen LogP contribution in [0.3, 0.4) is 0 Å². The Morgan fingerprint density at radius 3 is 2.16 bits per heavy atom. The molecular weight excluding hydrogens is 552 g/mol. The fourth-order valence-electron chi connectivity index (χ4n) is 5.65. The minimum absolute atomic E-state index is 0.0340. The van der Waals surface area contributed by atoms with E-state index in [9.17, 15) is 23.9 Å². The molecule has 2 N–H and O–H groups in total. The van der Waals surface area contributed by atoms with E-state index < -0.39 is 47.6 Å². The van der Waals surface area contributed by atoms with Crippen LogP contribution in [0, 0.1) is 45.2 Å². The molecule has 7 nitrogen and oxygen atoms in total. The van der Waals surface area contributed by atoms with Crippen LogP contribution in [-0.4, -0.2) is 47.1 Å². The topological polar surface area (TPSA) is 91.6 Å². The quantitative estimate of drug-likeness (QED) is 0.266. The first-order chi connectivity index (χ1) is 20.1. The standard InChI is InChI=1S/C34H43F2N3O4/c1-19(2)11-29(39-18-24(9-10-38(7)8)15-27(35)34(39)43)33(42)37-28(17-30(40)41)26-16-25(14-23(6)32(26)36)31-21(4)12-20(3)13-22(31)5/h12-16,18-19,28-29H,9-11,17H2,1-8H3,(H,37,42)(H,40,41)/t28-,29?/m0/s1. The van der Waals surface area contributed by atoms with Gasteiger partial charge >= 0.3 is 5.97 Å². The Kier molecular flexibility index (Phi) is 11.0. The number of carbonyl (C=O) groups is 2. The van der Waals surface area contributed by atoms with Gasteiger partial charge in [0, 0.05) is 18.3 Å². The highest BCUT2D eigenvalue weighted by molar-refractivity contribution is 5.82. The normalized spacial score (nSPS) is 12.9. The molecule has 2 aromatic carbocycles. The Morgan fingerprint density at radius 1 is 0.977 bits per heavy atom. The van der Waals surface area contributed by atoms with Crippen molar-refractivity contribution in [2.24, 2.45) is 5.92 Å². The lowest BCUT2D eigenvalue weighted by Crippen LogP contribution is -2.41. The number of halogens is 2. The highest BCUT2D eigenvalue weighted by Crippen LogP contribution is 2.34. The van der Waals surface area contributed by atoms with E-state index in [1.54, 1.807) is 19.1 Å². The van der Waals surface area contributed by atoms with Crippen molar-refractivity contribution in [2.45, 2.75) is 72.9 Å². The number of carboxylic acids is 1. The van der Waals surface area contributed by atoms with Gasteiger partial charge < -0.3 is 19.9 Å². The fourth-order valence-corrected chi connectivity index (χ4v) is 5.65. The Balaban J connectivity index is 2.11. The summed E-state index contributed by atoms with van der Waals surface area (Å²) in [7, 11) is 3.75. The van der Waals surface area contributed by atoms with Gasteiger partial charge in [0.25, 0.3) is 5.56 Å². The van der Waals surface area contributed by atoms with Crippen LogP contribution < -0.4 is 10.9 Å². The summed E-state index contributed by atoms with van der Waals surface area (Å²) in [6, 6.07) is 6.17. The van der Waals surface area contributed by atoms with Gasteiger partial charge in [-0.1, -0.05) is 31.5 Å². The van der Waals surface area contributed by atoms with Crippen molar-refractivity contribution in [1.29, 1.82) is 0 Å². The van der Waals surface area contributed by atoms with Crippen molar-refractivity contribution in [1.82, 2.24) is 14.8 Å². The lowest BCUT2D eigenvalue weighted by molar-refractivity contribution is -0.138. The molecule has 0 fully saturated rings. The summed E-state index contributed by atoms with van der Waals surface area (Å²) in [6.07, 6.45) is 1.54. The molecule has 3 rings (SSSR count). The van der Waals surface area contributed by atoms with Gasteiger partial charge in [-0.05, 0) is 112 Å². The van der Waals surface area contributed by atoms with Crippen molar-refractivity contribution in [2.75, 3.05) is 20.6 Å². The molecule has 1 amide bonds. The average molecular weight is 596 g/mol. The molecule has 3 aromatic rings. The molecule has 0 spiro atoms. The molecule has 0 saturated carbocycles. The lowest BCUT2D eigenvalue weighted by Gasteiger charge is -2.26. The number of rotatable bonds is 12. The SMILES string of the molecule is Cc1cc(C)c(-c2cc(C)c(F)c([C@H](CC(=O)O)NC(=O)C(CC(C)C)n3cc(CCN(C)C)cc(F)c3=O)c2)c(C)c1. The summed E-state index contributed by atoms with van der Waals surface area (Å²) in [5.41, 5.74) is 4.62. The predicted octanol–water partition coefficient (Wildman–Crippen LogP) is 6.05. The summed E-state index contributed by atoms with van der Waals surface area (Å²) < 4.78 is 31.6. The van der Waals surface area contributed by atoms with E-state index in [1.807, 2.05) is 65.7 Å². The Labute approximate surface area is 252 Å². The first kappa shape index (κ1) is 33.6. The van der Waals surface area contributed by atoms with Gasteiger partial charge in [-0.15, -0.1) is 0 Å². The van der Waals surface area contributed by atoms with E-state index in [2.05, 4.69) is 5.32 Å². The molecule has 9 heteroatoms. The number of nitrogens with one attached hydrogen (secondary N) is 1. The summed E-state index contributed by atoms with van der Waals surface area (Å²) in [6.45, 7) is 11.9. The summed E-state index contributed by atoms with van der Waals surface area (Å²) in [4.78, 5) is 40.7. The summed E-state index contributed by atoms with van der Waals surface area (Å²) in [5, 5.41) is 12.5. The van der Waals surface area contributed by atoms with Gasteiger partial charge in [0.2, 0.25) is 5.91 Å². The van der Waals surface area contributed by atoms with Crippen LogP contribution >= 0.6 is 0 Å². The molecule has 0 aliphatic carbocycles.